The predicted molar refractivity (Wildman–Crippen MR) is 163 cm³/mol. The fourth-order valence-electron chi connectivity index (χ4n) is 7.74. The van der Waals surface area contributed by atoms with E-state index >= 15 is 8.78 Å². The van der Waals surface area contributed by atoms with E-state index < -0.39 is 98.2 Å². The Morgan fingerprint density at radius 2 is 1.43 bits per heavy atom. The number of phenols is 1. The van der Waals surface area contributed by atoms with Crippen molar-refractivity contribution in [3.63, 3.8) is 0 Å². The number of carbonyl (C=O) groups is 5. The molecule has 1 saturated carbocycles. The standard InChI is InChI=1S/C34H21Cl2F5N2O6/c1-13(44)14-5-7-16(8-6-14)42-29(46)19-10-9-18-20(21(19)30(42)47)12-33(35)31(48)43(28-26(40)24(38)23(37)25(39)27(28)41)32(49)34(33,36)22(18)15-3-2-4-17(45)11-15/h2-9,11,19-22,45H,10,12H2,1H3/t19-,20+,21-,22-,33+,34-/m0/s1. The van der Waals surface area contributed by atoms with E-state index in [4.69, 9.17) is 23.2 Å². The van der Waals surface area contributed by atoms with Gasteiger partial charge in [-0.3, -0.25) is 28.9 Å². The number of fused-ring (bicyclic) bond motifs is 4. The van der Waals surface area contributed by atoms with Gasteiger partial charge in [0, 0.05) is 11.5 Å². The topological polar surface area (TPSA) is 112 Å². The number of Topliss-reactive ketones (excluding diaryl/α,β-unsaturated/α-hetero) is 1. The highest BCUT2D eigenvalue weighted by molar-refractivity contribution is 6.58. The quantitative estimate of drug-likeness (QED) is 0.0668. The summed E-state index contributed by atoms with van der Waals surface area (Å²) in [4.78, 5) is 63.4. The van der Waals surface area contributed by atoms with Gasteiger partial charge in [0.25, 0.3) is 11.8 Å². The number of hydrogen-bond donors (Lipinski definition) is 1. The monoisotopic (exact) mass is 718 g/mol. The van der Waals surface area contributed by atoms with E-state index in [9.17, 15) is 42.3 Å². The lowest BCUT2D eigenvalue weighted by molar-refractivity contribution is -0.125. The summed E-state index contributed by atoms with van der Waals surface area (Å²) in [7, 11) is 0. The Morgan fingerprint density at radius 1 is 0.816 bits per heavy atom. The molecule has 1 N–H and O–H groups in total. The van der Waals surface area contributed by atoms with Crippen molar-refractivity contribution >= 4 is 64.0 Å². The number of allylic oxidation sites excluding steroid dienone is 2. The van der Waals surface area contributed by atoms with Crippen LogP contribution in [0.2, 0.25) is 0 Å². The zero-order chi connectivity index (χ0) is 35.5. The number of carbonyl (C=O) groups excluding carboxylic acids is 5. The molecule has 3 aromatic carbocycles. The highest BCUT2D eigenvalue weighted by Gasteiger charge is 2.77. The van der Waals surface area contributed by atoms with Crippen molar-refractivity contribution in [2.24, 2.45) is 17.8 Å². The van der Waals surface area contributed by atoms with E-state index in [2.05, 4.69) is 0 Å². The summed E-state index contributed by atoms with van der Waals surface area (Å²) in [6.45, 7) is 1.34. The van der Waals surface area contributed by atoms with Crippen molar-refractivity contribution in [1.82, 2.24) is 0 Å². The van der Waals surface area contributed by atoms with Crippen molar-refractivity contribution < 1.29 is 51.0 Å². The molecule has 2 heterocycles. The molecule has 4 amide bonds. The number of phenolic OH excluding ortho intramolecular Hbond substituents is 1. The number of nitrogens with zero attached hydrogens (tertiary/aromatic N) is 2. The first-order chi connectivity index (χ1) is 23.1. The van der Waals surface area contributed by atoms with Gasteiger partial charge in [-0.15, -0.1) is 23.2 Å². The van der Waals surface area contributed by atoms with Crippen LogP contribution in [0.5, 0.6) is 5.75 Å². The normalized spacial score (nSPS) is 29.2. The number of alkyl halides is 2. The molecule has 0 unspecified atom stereocenters. The first-order valence-electron chi connectivity index (χ1n) is 14.8. The molecule has 0 spiro atoms. The molecule has 0 aromatic heterocycles. The summed E-state index contributed by atoms with van der Waals surface area (Å²) < 4.78 is 73.0. The van der Waals surface area contributed by atoms with Gasteiger partial charge in [0.2, 0.25) is 17.6 Å². The summed E-state index contributed by atoms with van der Waals surface area (Å²) in [5.41, 5.74) is -1.07. The number of imide groups is 2. The van der Waals surface area contributed by atoms with Gasteiger partial charge in [-0.1, -0.05) is 23.8 Å². The molecule has 2 aliphatic heterocycles. The Hall–Kier alpha value is -4.62. The molecular weight excluding hydrogens is 698 g/mol. The summed E-state index contributed by atoms with van der Waals surface area (Å²) in [5.74, 6) is -22.2. The van der Waals surface area contributed by atoms with Crippen LogP contribution in [-0.2, 0) is 19.2 Å². The lowest BCUT2D eigenvalue weighted by atomic mass is 9.56. The molecule has 6 atom stereocenters. The maximum atomic E-state index is 15.1. The SMILES string of the molecule is CC(=O)c1ccc(N2C(=O)[C@H]3[C@H](CC=C4[C@H]3C[C@@]3(Cl)C(=O)N(c5c(F)c(F)c(F)c(F)c5F)C(=O)[C@@]3(Cl)[C@H]4c3cccc(O)c3)C2=O)cc1. The van der Waals surface area contributed by atoms with Crippen LogP contribution in [0.4, 0.5) is 33.3 Å². The smallest absolute Gasteiger partial charge is 0.258 e. The molecule has 7 rings (SSSR count). The van der Waals surface area contributed by atoms with Crippen molar-refractivity contribution in [3.05, 3.63) is 100 Å². The lowest BCUT2D eigenvalue weighted by Gasteiger charge is -2.50. The summed E-state index contributed by atoms with van der Waals surface area (Å²) in [6, 6.07) is 11.0. The zero-order valence-corrected chi connectivity index (χ0v) is 26.5. The van der Waals surface area contributed by atoms with Crippen molar-refractivity contribution in [2.75, 3.05) is 9.80 Å². The molecule has 2 aliphatic carbocycles. The van der Waals surface area contributed by atoms with Gasteiger partial charge in [-0.25, -0.2) is 26.9 Å². The second kappa shape index (κ2) is 10.9. The maximum Gasteiger partial charge on any atom is 0.258 e. The van der Waals surface area contributed by atoms with Gasteiger partial charge in [0.15, 0.2) is 38.8 Å². The molecule has 252 valence electrons. The number of aromatic hydroxyl groups is 1. The Kier molecular flexibility index (Phi) is 7.35. The minimum absolute atomic E-state index is 0.0514. The zero-order valence-electron chi connectivity index (χ0n) is 24.9. The van der Waals surface area contributed by atoms with E-state index in [0.29, 0.717) is 5.56 Å². The maximum absolute atomic E-state index is 15.1. The number of benzene rings is 3. The molecule has 0 bridgehead atoms. The van der Waals surface area contributed by atoms with Gasteiger partial charge in [0.1, 0.15) is 11.4 Å². The molecule has 2 saturated heterocycles. The molecule has 3 fully saturated rings. The number of hydrogen-bond acceptors (Lipinski definition) is 6. The number of anilines is 2. The minimum atomic E-state index is -2.69. The molecular formula is C34H21Cl2F5N2O6. The van der Waals surface area contributed by atoms with Crippen molar-refractivity contribution in [1.29, 1.82) is 0 Å². The van der Waals surface area contributed by atoms with Crippen LogP contribution < -0.4 is 9.80 Å². The Bertz CT molecular complexity index is 2060. The predicted octanol–water partition coefficient (Wildman–Crippen LogP) is 6.06. The number of ketones is 1. The summed E-state index contributed by atoms with van der Waals surface area (Å²) >= 11 is 14.1. The van der Waals surface area contributed by atoms with Crippen LogP contribution in [0.1, 0.15) is 41.6 Å². The summed E-state index contributed by atoms with van der Waals surface area (Å²) in [5, 5.41) is 10.4. The average molecular weight is 719 g/mol. The van der Waals surface area contributed by atoms with E-state index in [0.717, 1.165) is 4.90 Å². The molecule has 8 nitrogen and oxygen atoms in total. The van der Waals surface area contributed by atoms with Gasteiger partial charge < -0.3 is 5.11 Å². The van der Waals surface area contributed by atoms with Gasteiger partial charge in [0.05, 0.1) is 17.5 Å². The van der Waals surface area contributed by atoms with Gasteiger partial charge in [-0.05, 0) is 67.6 Å². The molecule has 0 radical (unpaired) electrons. The van der Waals surface area contributed by atoms with Gasteiger partial charge >= 0.3 is 0 Å². The Labute approximate surface area is 283 Å². The van der Waals surface area contributed by atoms with E-state index in [-0.39, 0.29) is 39.7 Å². The van der Waals surface area contributed by atoms with Gasteiger partial charge in [-0.2, -0.15) is 0 Å². The van der Waals surface area contributed by atoms with Crippen molar-refractivity contribution in [2.45, 2.75) is 35.4 Å². The van der Waals surface area contributed by atoms with E-state index in [1.807, 2.05) is 0 Å². The minimum Gasteiger partial charge on any atom is -0.508 e. The first-order valence-corrected chi connectivity index (χ1v) is 15.6. The lowest BCUT2D eigenvalue weighted by Crippen LogP contribution is -2.60. The second-order valence-electron chi connectivity index (χ2n) is 12.4. The molecule has 3 aromatic rings. The Balaban J connectivity index is 1.40. The van der Waals surface area contributed by atoms with E-state index in [1.165, 1.54) is 55.5 Å². The van der Waals surface area contributed by atoms with Crippen LogP contribution in [-0.4, -0.2) is 44.3 Å². The second-order valence-corrected chi connectivity index (χ2v) is 13.6. The van der Waals surface area contributed by atoms with Crippen LogP contribution >= 0.6 is 23.2 Å². The summed E-state index contributed by atoms with van der Waals surface area (Å²) in [6.07, 6.45) is 0.838. The molecule has 15 heteroatoms. The highest BCUT2D eigenvalue weighted by Crippen LogP contribution is 2.66. The largest absolute Gasteiger partial charge is 0.508 e. The van der Waals surface area contributed by atoms with Crippen LogP contribution in [0.15, 0.2) is 60.2 Å². The number of halogens is 7. The first kappa shape index (κ1) is 32.9. The van der Waals surface area contributed by atoms with Crippen molar-refractivity contribution in [3.8, 4) is 5.75 Å². The average Bonchev–Trinajstić information content (AvgIpc) is 3.41. The highest BCUT2D eigenvalue weighted by atomic mass is 35.5. The third-order valence-corrected chi connectivity index (χ3v) is 11.4. The fourth-order valence-corrected chi connectivity index (χ4v) is 8.68. The fraction of sp³-hybridized carbons (Fsp3) is 0.265. The molecule has 4 aliphatic rings. The third kappa shape index (κ3) is 4.24. The van der Waals surface area contributed by atoms with Crippen LogP contribution in [0.25, 0.3) is 0 Å². The third-order valence-electron chi connectivity index (χ3n) is 9.96. The Morgan fingerprint density at radius 3 is 2.02 bits per heavy atom. The van der Waals surface area contributed by atoms with Crippen LogP contribution in [0, 0.1) is 46.8 Å². The van der Waals surface area contributed by atoms with Crippen LogP contribution in [0.3, 0.4) is 0 Å². The van der Waals surface area contributed by atoms with E-state index in [1.54, 1.807) is 6.08 Å². The number of rotatable bonds is 4. The molecule has 49 heavy (non-hydrogen) atoms. The number of amides is 4.